The average Bonchev–Trinajstić information content (AvgIpc) is 2.55. The highest BCUT2D eigenvalue weighted by molar-refractivity contribution is 6.43. The molecule has 10 heteroatoms. The van der Waals surface area contributed by atoms with E-state index in [1.54, 1.807) is 6.07 Å². The molecule has 142 valence electrons. The van der Waals surface area contributed by atoms with E-state index in [1.807, 2.05) is 5.32 Å². The number of anilines is 3. The Morgan fingerprint density at radius 3 is 2.07 bits per heavy atom. The van der Waals surface area contributed by atoms with Gasteiger partial charge in [-0.2, -0.15) is 13.2 Å². The van der Waals surface area contributed by atoms with Gasteiger partial charge in [-0.25, -0.2) is 0 Å². The second-order valence-electron chi connectivity index (χ2n) is 5.36. The first kappa shape index (κ1) is 20.2. The molecule has 0 saturated heterocycles. The lowest BCUT2D eigenvalue weighted by molar-refractivity contribution is -0.137. The van der Waals surface area contributed by atoms with E-state index >= 15 is 0 Å². The molecular weight excluding hydrogens is 387 g/mol. The third-order valence-corrected chi connectivity index (χ3v) is 3.42. The predicted octanol–water partition coefficient (Wildman–Crippen LogP) is 3.89. The van der Waals surface area contributed by atoms with E-state index in [0.717, 1.165) is 12.1 Å². The van der Waals surface area contributed by atoms with Gasteiger partial charge < -0.3 is 16.0 Å². The largest absolute Gasteiger partial charge is 0.418 e. The Bertz CT molecular complexity index is 900. The van der Waals surface area contributed by atoms with Crippen LogP contribution >= 0.6 is 11.6 Å². The van der Waals surface area contributed by atoms with Gasteiger partial charge in [-0.3, -0.25) is 14.4 Å². The maximum atomic E-state index is 13.0. The van der Waals surface area contributed by atoms with Crippen molar-refractivity contribution in [1.82, 2.24) is 0 Å². The van der Waals surface area contributed by atoms with Crippen LogP contribution in [0.1, 0.15) is 12.5 Å². The van der Waals surface area contributed by atoms with Gasteiger partial charge in [0.05, 0.1) is 11.3 Å². The van der Waals surface area contributed by atoms with Gasteiger partial charge in [0, 0.05) is 23.3 Å². The molecule has 2 rings (SSSR count). The van der Waals surface area contributed by atoms with Gasteiger partial charge in [0.1, 0.15) is 0 Å². The number of nitrogens with one attached hydrogen (secondary N) is 3. The SMILES string of the molecule is CC(=O)Nc1cccc(NC(=O)C(=O)Nc2ccc(Cl)cc2C(F)(F)F)c1. The average molecular weight is 400 g/mol. The van der Waals surface area contributed by atoms with Gasteiger partial charge in [-0.15, -0.1) is 0 Å². The fourth-order valence-electron chi connectivity index (χ4n) is 2.10. The monoisotopic (exact) mass is 399 g/mol. The minimum absolute atomic E-state index is 0.167. The number of hydrogen-bond acceptors (Lipinski definition) is 3. The number of alkyl halides is 3. The normalized spacial score (nSPS) is 10.9. The van der Waals surface area contributed by atoms with Crippen molar-refractivity contribution >= 4 is 46.4 Å². The van der Waals surface area contributed by atoms with Crippen LogP contribution < -0.4 is 16.0 Å². The molecule has 0 spiro atoms. The highest BCUT2D eigenvalue weighted by atomic mass is 35.5. The molecular formula is C17H13ClF3N3O3. The van der Waals surface area contributed by atoms with Gasteiger partial charge in [0.25, 0.3) is 0 Å². The quantitative estimate of drug-likeness (QED) is 0.684. The Morgan fingerprint density at radius 1 is 0.889 bits per heavy atom. The molecule has 3 N–H and O–H groups in total. The molecule has 0 saturated carbocycles. The molecule has 2 aromatic carbocycles. The minimum Gasteiger partial charge on any atom is -0.326 e. The standard InChI is InChI=1S/C17H13ClF3N3O3/c1-9(25)22-11-3-2-4-12(8-11)23-15(26)16(27)24-14-6-5-10(18)7-13(14)17(19,20)21/h2-8H,1H3,(H,22,25)(H,23,26)(H,24,27). The number of hydrogen-bond donors (Lipinski definition) is 3. The number of halogens is 4. The molecule has 27 heavy (non-hydrogen) atoms. The molecule has 0 fully saturated rings. The van der Waals surface area contributed by atoms with Crippen LogP contribution in [-0.2, 0) is 20.6 Å². The zero-order valence-corrected chi connectivity index (χ0v) is 14.5. The van der Waals surface area contributed by atoms with E-state index in [1.165, 1.54) is 25.1 Å². The van der Waals surface area contributed by atoms with Crippen LogP contribution in [0, 0.1) is 0 Å². The smallest absolute Gasteiger partial charge is 0.326 e. The van der Waals surface area contributed by atoms with Crippen molar-refractivity contribution in [2.45, 2.75) is 13.1 Å². The van der Waals surface area contributed by atoms with Crippen LogP contribution in [0.4, 0.5) is 30.2 Å². The van der Waals surface area contributed by atoms with E-state index in [0.29, 0.717) is 11.8 Å². The van der Waals surface area contributed by atoms with Gasteiger partial charge in [0.2, 0.25) is 5.91 Å². The lowest BCUT2D eigenvalue weighted by atomic mass is 10.1. The third kappa shape index (κ3) is 5.71. The first-order valence-corrected chi connectivity index (χ1v) is 7.81. The van der Waals surface area contributed by atoms with Crippen molar-refractivity contribution in [3.63, 3.8) is 0 Å². The molecule has 6 nitrogen and oxygen atoms in total. The van der Waals surface area contributed by atoms with E-state index in [9.17, 15) is 27.6 Å². The molecule has 0 aliphatic carbocycles. The number of amides is 3. The van der Waals surface area contributed by atoms with Crippen LogP contribution in [0.15, 0.2) is 42.5 Å². The summed E-state index contributed by atoms with van der Waals surface area (Å²) in [6.45, 7) is 1.29. The van der Waals surface area contributed by atoms with Crippen LogP contribution in [0.3, 0.4) is 0 Å². The zero-order chi connectivity index (χ0) is 20.2. The Balaban J connectivity index is 2.13. The molecule has 0 aliphatic rings. The summed E-state index contributed by atoms with van der Waals surface area (Å²) < 4.78 is 39.1. The van der Waals surface area contributed by atoms with Crippen LogP contribution in [0.2, 0.25) is 5.02 Å². The summed E-state index contributed by atoms with van der Waals surface area (Å²) in [5, 5.41) is 6.47. The summed E-state index contributed by atoms with van der Waals surface area (Å²) in [5.41, 5.74) is -1.23. The molecule has 2 aromatic rings. The first-order chi connectivity index (χ1) is 12.6. The molecule has 0 unspecified atom stereocenters. The topological polar surface area (TPSA) is 87.3 Å². The molecule has 0 heterocycles. The van der Waals surface area contributed by atoms with Gasteiger partial charge in [-0.05, 0) is 36.4 Å². The van der Waals surface area contributed by atoms with Crippen LogP contribution in [0.5, 0.6) is 0 Å². The Hall–Kier alpha value is -3.07. The Morgan fingerprint density at radius 2 is 1.48 bits per heavy atom. The number of carbonyl (C=O) groups excluding carboxylic acids is 3. The summed E-state index contributed by atoms with van der Waals surface area (Å²) in [6, 6.07) is 8.65. The summed E-state index contributed by atoms with van der Waals surface area (Å²) in [4.78, 5) is 34.9. The second-order valence-corrected chi connectivity index (χ2v) is 5.79. The zero-order valence-electron chi connectivity index (χ0n) is 13.8. The number of carbonyl (C=O) groups is 3. The number of rotatable bonds is 3. The fourth-order valence-corrected chi connectivity index (χ4v) is 2.28. The molecule has 0 aliphatic heterocycles. The van der Waals surface area contributed by atoms with Crippen molar-refractivity contribution in [2.24, 2.45) is 0 Å². The Labute approximate surface area is 156 Å². The lowest BCUT2D eigenvalue weighted by Crippen LogP contribution is -2.30. The van der Waals surface area contributed by atoms with E-state index < -0.39 is 29.2 Å². The second kappa shape index (κ2) is 8.09. The minimum atomic E-state index is -4.77. The lowest BCUT2D eigenvalue weighted by Gasteiger charge is -2.14. The van der Waals surface area contributed by atoms with Crippen molar-refractivity contribution in [3.8, 4) is 0 Å². The number of benzene rings is 2. The summed E-state index contributed by atoms with van der Waals surface area (Å²) in [7, 11) is 0. The summed E-state index contributed by atoms with van der Waals surface area (Å²) in [5.74, 6) is -2.82. The van der Waals surface area contributed by atoms with Crippen molar-refractivity contribution in [1.29, 1.82) is 0 Å². The van der Waals surface area contributed by atoms with Gasteiger partial charge in [0.15, 0.2) is 0 Å². The summed E-state index contributed by atoms with van der Waals surface area (Å²) >= 11 is 5.56. The third-order valence-electron chi connectivity index (χ3n) is 3.18. The molecule has 3 amide bonds. The highest BCUT2D eigenvalue weighted by Crippen LogP contribution is 2.36. The maximum Gasteiger partial charge on any atom is 0.418 e. The molecule has 0 radical (unpaired) electrons. The Kier molecular flexibility index (Phi) is 6.06. The van der Waals surface area contributed by atoms with E-state index in [-0.39, 0.29) is 16.6 Å². The predicted molar refractivity (Wildman–Crippen MR) is 94.5 cm³/mol. The fraction of sp³-hybridized carbons (Fsp3) is 0.118. The first-order valence-electron chi connectivity index (χ1n) is 7.43. The summed E-state index contributed by atoms with van der Waals surface area (Å²) in [6.07, 6.45) is -4.77. The van der Waals surface area contributed by atoms with E-state index in [2.05, 4.69) is 10.6 Å². The molecule has 0 aromatic heterocycles. The van der Waals surface area contributed by atoms with Crippen molar-refractivity contribution in [3.05, 3.63) is 53.1 Å². The van der Waals surface area contributed by atoms with E-state index in [4.69, 9.17) is 11.6 Å². The highest BCUT2D eigenvalue weighted by Gasteiger charge is 2.34. The molecule has 0 bridgehead atoms. The van der Waals surface area contributed by atoms with Crippen molar-refractivity contribution < 1.29 is 27.6 Å². The van der Waals surface area contributed by atoms with Crippen molar-refractivity contribution in [2.75, 3.05) is 16.0 Å². The van der Waals surface area contributed by atoms with Gasteiger partial charge >= 0.3 is 18.0 Å². The molecule has 0 atom stereocenters. The van der Waals surface area contributed by atoms with Gasteiger partial charge in [-0.1, -0.05) is 17.7 Å². The van der Waals surface area contributed by atoms with Crippen LogP contribution in [-0.4, -0.2) is 17.7 Å². The van der Waals surface area contributed by atoms with Crippen LogP contribution in [0.25, 0.3) is 0 Å². The maximum absolute atomic E-state index is 13.0.